The van der Waals surface area contributed by atoms with Crippen LogP contribution in [0.1, 0.15) is 12.5 Å². The first-order chi connectivity index (χ1) is 13.3. The van der Waals surface area contributed by atoms with Gasteiger partial charge in [-0.15, -0.1) is 0 Å². The van der Waals surface area contributed by atoms with E-state index in [2.05, 4.69) is 4.72 Å². The summed E-state index contributed by atoms with van der Waals surface area (Å²) >= 11 is 0. The fourth-order valence-corrected chi connectivity index (χ4v) is 4.01. The quantitative estimate of drug-likeness (QED) is 0.639. The lowest BCUT2D eigenvalue weighted by Gasteiger charge is -2.24. The molecule has 0 bridgehead atoms. The van der Waals surface area contributed by atoms with Crippen LogP contribution in [0.2, 0.25) is 0 Å². The van der Waals surface area contributed by atoms with Crippen molar-refractivity contribution < 1.29 is 18.3 Å². The molecule has 5 nitrogen and oxygen atoms in total. The van der Waals surface area contributed by atoms with Crippen LogP contribution in [0.25, 0.3) is 11.1 Å². The summed E-state index contributed by atoms with van der Waals surface area (Å²) in [6, 6.07) is 23.5. The second-order valence-corrected chi connectivity index (χ2v) is 8.49. The molecule has 0 heterocycles. The molecule has 1 atom stereocenters. The maximum absolute atomic E-state index is 12.5. The lowest BCUT2D eigenvalue weighted by molar-refractivity contribution is 0.0627. The van der Waals surface area contributed by atoms with Crippen molar-refractivity contribution >= 4 is 10.0 Å². The fraction of sp³-hybridized carbons (Fsp3) is 0.182. The van der Waals surface area contributed by atoms with E-state index in [0.717, 1.165) is 11.1 Å². The highest BCUT2D eigenvalue weighted by Crippen LogP contribution is 2.25. The minimum absolute atomic E-state index is 0.0853. The number of benzene rings is 3. The third-order valence-corrected chi connectivity index (χ3v) is 5.97. The summed E-state index contributed by atoms with van der Waals surface area (Å²) in [5.41, 5.74) is 1.37. The Bertz CT molecular complexity index is 1030. The number of hydrogen-bond donors (Lipinski definition) is 2. The number of ether oxygens (including phenoxy) is 1. The van der Waals surface area contributed by atoms with Crippen molar-refractivity contribution in [3.63, 3.8) is 0 Å². The molecule has 146 valence electrons. The van der Waals surface area contributed by atoms with Crippen LogP contribution in [0.15, 0.2) is 83.8 Å². The first-order valence-electron chi connectivity index (χ1n) is 8.84. The van der Waals surface area contributed by atoms with Gasteiger partial charge in [-0.1, -0.05) is 60.7 Å². The van der Waals surface area contributed by atoms with Crippen molar-refractivity contribution in [2.45, 2.75) is 17.4 Å². The van der Waals surface area contributed by atoms with E-state index >= 15 is 0 Å². The molecule has 2 N–H and O–H groups in total. The van der Waals surface area contributed by atoms with Crippen molar-refractivity contribution in [1.29, 1.82) is 0 Å². The second kappa shape index (κ2) is 8.14. The van der Waals surface area contributed by atoms with Crippen LogP contribution in [0.4, 0.5) is 0 Å². The summed E-state index contributed by atoms with van der Waals surface area (Å²) < 4.78 is 32.6. The van der Waals surface area contributed by atoms with Crippen molar-refractivity contribution in [2.75, 3.05) is 13.7 Å². The Kier molecular flexibility index (Phi) is 5.84. The molecule has 28 heavy (non-hydrogen) atoms. The maximum atomic E-state index is 12.5. The molecule has 0 aliphatic rings. The minimum Gasteiger partial charge on any atom is -0.497 e. The van der Waals surface area contributed by atoms with Gasteiger partial charge in [0.25, 0.3) is 0 Å². The number of sulfonamides is 1. The SMILES string of the molecule is COc1cccc(S(=O)(=O)NCC(C)(O)c2ccc(-c3ccccc3)cc2)c1. The van der Waals surface area contributed by atoms with Crippen molar-refractivity contribution in [1.82, 2.24) is 4.72 Å². The smallest absolute Gasteiger partial charge is 0.240 e. The zero-order valence-electron chi connectivity index (χ0n) is 15.8. The molecule has 3 aromatic carbocycles. The van der Waals surface area contributed by atoms with Gasteiger partial charge in [-0.05, 0) is 35.7 Å². The molecule has 3 rings (SSSR count). The number of nitrogens with one attached hydrogen (secondary N) is 1. The van der Waals surface area contributed by atoms with E-state index in [0.29, 0.717) is 11.3 Å². The first-order valence-corrected chi connectivity index (χ1v) is 10.3. The standard InChI is InChI=1S/C22H23NO4S/c1-22(24,16-23-28(25,26)21-10-6-9-20(15-21)27-2)19-13-11-18(12-14-19)17-7-4-3-5-8-17/h3-15,23-24H,16H2,1-2H3. The minimum atomic E-state index is -3.78. The van der Waals surface area contributed by atoms with Gasteiger partial charge in [0.1, 0.15) is 11.4 Å². The molecular weight excluding hydrogens is 374 g/mol. The molecule has 0 fully saturated rings. The van der Waals surface area contributed by atoms with Crippen LogP contribution in [0.3, 0.4) is 0 Å². The molecule has 1 unspecified atom stereocenters. The van der Waals surface area contributed by atoms with Gasteiger partial charge in [0, 0.05) is 12.6 Å². The lowest BCUT2D eigenvalue weighted by atomic mass is 9.94. The van der Waals surface area contributed by atoms with Crippen LogP contribution in [0.5, 0.6) is 5.75 Å². The normalized spacial score (nSPS) is 13.7. The van der Waals surface area contributed by atoms with Crippen LogP contribution in [-0.4, -0.2) is 27.2 Å². The van der Waals surface area contributed by atoms with E-state index < -0.39 is 15.6 Å². The third kappa shape index (κ3) is 4.59. The summed E-state index contributed by atoms with van der Waals surface area (Å²) in [7, 11) is -2.30. The van der Waals surface area contributed by atoms with Crippen LogP contribution in [0, 0.1) is 0 Å². The predicted molar refractivity (Wildman–Crippen MR) is 110 cm³/mol. The molecule has 0 saturated carbocycles. The molecule has 6 heteroatoms. The average molecular weight is 397 g/mol. The molecule has 0 aliphatic heterocycles. The van der Waals surface area contributed by atoms with Crippen molar-refractivity contribution in [3.05, 3.63) is 84.4 Å². The molecular formula is C22H23NO4S. The lowest BCUT2D eigenvalue weighted by Crippen LogP contribution is -2.38. The van der Waals surface area contributed by atoms with E-state index in [1.165, 1.54) is 19.2 Å². The topological polar surface area (TPSA) is 75.6 Å². The molecule has 0 spiro atoms. The second-order valence-electron chi connectivity index (χ2n) is 6.72. The van der Waals surface area contributed by atoms with E-state index in [1.54, 1.807) is 19.1 Å². The third-order valence-electron chi connectivity index (χ3n) is 4.57. The first kappa shape index (κ1) is 20.1. The van der Waals surface area contributed by atoms with Gasteiger partial charge < -0.3 is 9.84 Å². The Balaban J connectivity index is 1.74. The van der Waals surface area contributed by atoms with E-state index in [4.69, 9.17) is 4.74 Å². The Morgan fingerprint density at radius 1 is 0.929 bits per heavy atom. The summed E-state index contributed by atoms with van der Waals surface area (Å²) in [6.45, 7) is 1.43. The van der Waals surface area contributed by atoms with E-state index in [9.17, 15) is 13.5 Å². The summed E-state index contributed by atoms with van der Waals surface area (Å²) in [4.78, 5) is 0.0853. The molecule has 0 aliphatic carbocycles. The number of methoxy groups -OCH3 is 1. The van der Waals surface area contributed by atoms with Gasteiger partial charge in [-0.2, -0.15) is 0 Å². The zero-order valence-corrected chi connectivity index (χ0v) is 16.6. The van der Waals surface area contributed by atoms with Gasteiger partial charge >= 0.3 is 0 Å². The molecule has 3 aromatic rings. The van der Waals surface area contributed by atoms with Gasteiger partial charge in [0.2, 0.25) is 10.0 Å². The van der Waals surface area contributed by atoms with E-state index in [-0.39, 0.29) is 11.4 Å². The monoisotopic (exact) mass is 397 g/mol. The Morgan fingerprint density at radius 2 is 1.57 bits per heavy atom. The summed E-state index contributed by atoms with van der Waals surface area (Å²) in [5.74, 6) is 0.450. The average Bonchev–Trinajstić information content (AvgIpc) is 2.73. The molecule has 0 aromatic heterocycles. The Labute approximate surface area is 165 Å². The highest BCUT2D eigenvalue weighted by molar-refractivity contribution is 7.89. The summed E-state index contributed by atoms with van der Waals surface area (Å²) in [5, 5.41) is 10.8. The molecule has 0 saturated heterocycles. The molecule has 0 amide bonds. The Hall–Kier alpha value is -2.67. The van der Waals surface area contributed by atoms with Crippen LogP contribution in [-0.2, 0) is 15.6 Å². The van der Waals surface area contributed by atoms with Crippen LogP contribution >= 0.6 is 0 Å². The number of aliphatic hydroxyl groups is 1. The largest absolute Gasteiger partial charge is 0.497 e. The van der Waals surface area contributed by atoms with Gasteiger partial charge in [-0.3, -0.25) is 0 Å². The van der Waals surface area contributed by atoms with Gasteiger partial charge in [-0.25, -0.2) is 13.1 Å². The predicted octanol–water partition coefficient (Wildman–Crippen LogP) is 3.55. The Morgan fingerprint density at radius 3 is 2.21 bits per heavy atom. The number of rotatable bonds is 7. The molecule has 0 radical (unpaired) electrons. The highest BCUT2D eigenvalue weighted by atomic mass is 32.2. The van der Waals surface area contributed by atoms with Crippen molar-refractivity contribution in [3.8, 4) is 16.9 Å². The van der Waals surface area contributed by atoms with E-state index in [1.807, 2.05) is 54.6 Å². The van der Waals surface area contributed by atoms with Gasteiger partial charge in [0.15, 0.2) is 0 Å². The zero-order chi connectivity index (χ0) is 20.2. The van der Waals surface area contributed by atoms with Crippen LogP contribution < -0.4 is 9.46 Å². The van der Waals surface area contributed by atoms with Gasteiger partial charge in [0.05, 0.1) is 12.0 Å². The highest BCUT2D eigenvalue weighted by Gasteiger charge is 2.26. The fourth-order valence-electron chi connectivity index (χ4n) is 2.84. The maximum Gasteiger partial charge on any atom is 0.240 e. The number of hydrogen-bond acceptors (Lipinski definition) is 4. The van der Waals surface area contributed by atoms with Crippen molar-refractivity contribution in [2.24, 2.45) is 0 Å². The summed E-state index contributed by atoms with van der Waals surface area (Å²) in [6.07, 6.45) is 0.